The SMILES string of the molecule is COc1cc(C(=O)N(CCO)CCO)ccc1O[C@@H]1O[C@H](COC(C)=O)[C@@H](OC(C)=O)[C@@H](OC(C)=O)[C@@H]1OC(C)=O. The van der Waals surface area contributed by atoms with Crippen molar-refractivity contribution in [3.63, 3.8) is 0 Å². The maximum Gasteiger partial charge on any atom is 0.303 e. The summed E-state index contributed by atoms with van der Waals surface area (Å²) in [5, 5.41) is 18.5. The minimum atomic E-state index is -1.51. The zero-order valence-corrected chi connectivity index (χ0v) is 23.4. The summed E-state index contributed by atoms with van der Waals surface area (Å²) in [6, 6.07) is 4.12. The van der Waals surface area contributed by atoms with Crippen LogP contribution in [0, 0.1) is 0 Å². The van der Waals surface area contributed by atoms with Gasteiger partial charge < -0.3 is 48.3 Å². The molecule has 0 spiro atoms. The summed E-state index contributed by atoms with van der Waals surface area (Å²) < 4.78 is 38.4. The number of hydrogen-bond acceptors (Lipinski definition) is 14. The van der Waals surface area contributed by atoms with Gasteiger partial charge in [-0.1, -0.05) is 0 Å². The number of amides is 1. The van der Waals surface area contributed by atoms with E-state index in [0.717, 1.165) is 27.7 Å². The number of carbonyl (C=O) groups is 5. The summed E-state index contributed by atoms with van der Waals surface area (Å²) in [5.74, 6) is -3.47. The third kappa shape index (κ3) is 9.58. The van der Waals surface area contributed by atoms with Gasteiger partial charge in [0.25, 0.3) is 5.91 Å². The van der Waals surface area contributed by atoms with Crippen LogP contribution >= 0.6 is 0 Å². The van der Waals surface area contributed by atoms with E-state index in [1.165, 1.54) is 30.2 Å². The molecule has 1 aliphatic rings. The predicted molar refractivity (Wildman–Crippen MR) is 136 cm³/mol. The van der Waals surface area contributed by atoms with E-state index in [1.54, 1.807) is 0 Å². The Labute approximate surface area is 236 Å². The molecule has 0 aromatic heterocycles. The van der Waals surface area contributed by atoms with E-state index >= 15 is 0 Å². The first kappa shape index (κ1) is 33.3. The summed E-state index contributed by atoms with van der Waals surface area (Å²) in [6.45, 7) is 3.37. The Balaban J connectivity index is 2.50. The highest BCUT2D eigenvalue weighted by molar-refractivity contribution is 5.95. The lowest BCUT2D eigenvalue weighted by atomic mass is 9.98. The number of benzene rings is 1. The minimum Gasteiger partial charge on any atom is -0.493 e. The average molecular weight is 586 g/mol. The van der Waals surface area contributed by atoms with Crippen molar-refractivity contribution in [2.45, 2.75) is 58.4 Å². The average Bonchev–Trinajstić information content (AvgIpc) is 2.89. The molecular formula is C26H35NO14. The Hall–Kier alpha value is -3.95. The molecule has 0 bridgehead atoms. The molecule has 2 N–H and O–H groups in total. The second kappa shape index (κ2) is 15.7. The molecule has 15 heteroatoms. The Morgan fingerprint density at radius 2 is 1.37 bits per heavy atom. The van der Waals surface area contributed by atoms with Gasteiger partial charge in [0, 0.05) is 46.3 Å². The quantitative estimate of drug-likeness (QED) is 0.224. The number of aliphatic hydroxyl groups is 2. The summed E-state index contributed by atoms with van der Waals surface area (Å²) in [4.78, 5) is 61.6. The van der Waals surface area contributed by atoms with Gasteiger partial charge in [0.1, 0.15) is 12.7 Å². The molecule has 1 amide bonds. The van der Waals surface area contributed by atoms with Crippen LogP contribution in [0.2, 0.25) is 0 Å². The second-order valence-electron chi connectivity index (χ2n) is 8.79. The van der Waals surface area contributed by atoms with Crippen LogP contribution in [0.1, 0.15) is 38.1 Å². The molecule has 1 saturated heterocycles. The van der Waals surface area contributed by atoms with Crippen LogP contribution in [0.5, 0.6) is 11.5 Å². The third-order valence-corrected chi connectivity index (χ3v) is 5.63. The molecule has 2 rings (SSSR count). The summed E-state index contributed by atoms with van der Waals surface area (Å²) >= 11 is 0. The van der Waals surface area contributed by atoms with Crippen LogP contribution in [0.4, 0.5) is 0 Å². The molecule has 1 aromatic rings. The van der Waals surface area contributed by atoms with Crippen molar-refractivity contribution in [1.29, 1.82) is 0 Å². The van der Waals surface area contributed by atoms with Crippen LogP contribution in [0.3, 0.4) is 0 Å². The van der Waals surface area contributed by atoms with Crippen molar-refractivity contribution in [3.8, 4) is 11.5 Å². The van der Waals surface area contributed by atoms with Gasteiger partial charge in [-0.3, -0.25) is 24.0 Å². The van der Waals surface area contributed by atoms with Crippen molar-refractivity contribution in [2.24, 2.45) is 0 Å². The van der Waals surface area contributed by atoms with Gasteiger partial charge in [-0.25, -0.2) is 0 Å². The highest BCUT2D eigenvalue weighted by Gasteiger charge is 2.53. The van der Waals surface area contributed by atoms with Gasteiger partial charge in [0.2, 0.25) is 12.4 Å². The third-order valence-electron chi connectivity index (χ3n) is 5.63. The normalized spacial score (nSPS) is 21.7. The Morgan fingerprint density at radius 1 is 0.805 bits per heavy atom. The predicted octanol–water partition coefficient (Wildman–Crippen LogP) is -0.416. The minimum absolute atomic E-state index is 0.00923. The highest BCUT2D eigenvalue weighted by atomic mass is 16.7. The molecule has 0 unspecified atom stereocenters. The Bertz CT molecular complexity index is 1090. The number of rotatable bonds is 13. The molecule has 1 aromatic carbocycles. The molecule has 0 saturated carbocycles. The molecule has 1 aliphatic heterocycles. The molecule has 41 heavy (non-hydrogen) atoms. The van der Waals surface area contributed by atoms with Crippen LogP contribution in [0.25, 0.3) is 0 Å². The van der Waals surface area contributed by atoms with E-state index in [9.17, 15) is 34.2 Å². The van der Waals surface area contributed by atoms with Gasteiger partial charge in [-0.15, -0.1) is 0 Å². The van der Waals surface area contributed by atoms with E-state index in [4.69, 9.17) is 33.2 Å². The molecule has 1 heterocycles. The summed E-state index contributed by atoms with van der Waals surface area (Å²) in [6.07, 6.45) is -6.99. The fraction of sp³-hybridized carbons (Fsp3) is 0.577. The zero-order chi connectivity index (χ0) is 30.7. The lowest BCUT2D eigenvalue weighted by Gasteiger charge is -2.44. The topological polar surface area (TPSA) is 194 Å². The van der Waals surface area contributed by atoms with Crippen molar-refractivity contribution in [2.75, 3.05) is 40.0 Å². The number of aliphatic hydroxyl groups excluding tert-OH is 2. The largest absolute Gasteiger partial charge is 0.493 e. The van der Waals surface area contributed by atoms with Crippen LogP contribution < -0.4 is 9.47 Å². The van der Waals surface area contributed by atoms with Gasteiger partial charge >= 0.3 is 23.9 Å². The van der Waals surface area contributed by atoms with Crippen molar-refractivity contribution < 1.29 is 67.3 Å². The monoisotopic (exact) mass is 585 g/mol. The van der Waals surface area contributed by atoms with Crippen molar-refractivity contribution in [3.05, 3.63) is 23.8 Å². The Kier molecular flexibility index (Phi) is 12.8. The van der Waals surface area contributed by atoms with E-state index in [1.807, 2.05) is 0 Å². The first-order chi connectivity index (χ1) is 19.4. The molecule has 15 nitrogen and oxygen atoms in total. The van der Waals surface area contributed by atoms with Crippen molar-refractivity contribution >= 4 is 29.8 Å². The fourth-order valence-electron chi connectivity index (χ4n) is 4.05. The van der Waals surface area contributed by atoms with Gasteiger partial charge in [0.05, 0.1) is 20.3 Å². The van der Waals surface area contributed by atoms with E-state index < -0.39 is 67.1 Å². The maximum absolute atomic E-state index is 12.9. The molecular weight excluding hydrogens is 550 g/mol. The Morgan fingerprint density at radius 3 is 1.88 bits per heavy atom. The summed E-state index contributed by atoms with van der Waals surface area (Å²) in [5.41, 5.74) is 0.151. The van der Waals surface area contributed by atoms with Gasteiger partial charge in [-0.05, 0) is 18.2 Å². The summed E-state index contributed by atoms with van der Waals surface area (Å²) in [7, 11) is 1.31. The van der Waals surface area contributed by atoms with Gasteiger partial charge in [-0.2, -0.15) is 0 Å². The number of methoxy groups -OCH3 is 1. The number of nitrogens with zero attached hydrogens (tertiary/aromatic N) is 1. The number of esters is 4. The zero-order valence-electron chi connectivity index (χ0n) is 23.4. The number of hydrogen-bond donors (Lipinski definition) is 2. The molecule has 5 atom stereocenters. The lowest BCUT2D eigenvalue weighted by Crippen LogP contribution is -2.63. The standard InChI is InChI=1S/C26H35NO14/c1-14(30)36-13-21-22(37-15(2)31)23(38-16(3)32)24(39-17(4)33)26(41-21)40-19-7-6-18(12-20(19)35-5)25(34)27(8-10-28)9-11-29/h6-7,12,21-24,26,28-29H,8-11,13H2,1-5H3/t21-,22-,23-,24+,26-/m1/s1. The molecule has 0 aliphatic carbocycles. The van der Waals surface area contributed by atoms with Gasteiger partial charge in [0.15, 0.2) is 23.7 Å². The van der Waals surface area contributed by atoms with E-state index in [0.29, 0.717) is 0 Å². The fourth-order valence-corrected chi connectivity index (χ4v) is 4.05. The first-order valence-corrected chi connectivity index (χ1v) is 12.6. The van der Waals surface area contributed by atoms with Crippen LogP contribution in [0.15, 0.2) is 18.2 Å². The molecule has 0 radical (unpaired) electrons. The highest BCUT2D eigenvalue weighted by Crippen LogP contribution is 2.35. The number of ether oxygens (including phenoxy) is 7. The maximum atomic E-state index is 12.9. The van der Waals surface area contributed by atoms with Crippen LogP contribution in [-0.4, -0.2) is 116 Å². The molecule has 1 fully saturated rings. The second-order valence-corrected chi connectivity index (χ2v) is 8.79. The lowest BCUT2D eigenvalue weighted by molar-refractivity contribution is -0.288. The first-order valence-electron chi connectivity index (χ1n) is 12.6. The number of carbonyl (C=O) groups excluding carboxylic acids is 5. The van der Waals surface area contributed by atoms with Crippen molar-refractivity contribution in [1.82, 2.24) is 4.90 Å². The molecule has 228 valence electrons. The van der Waals surface area contributed by atoms with E-state index in [2.05, 4.69) is 0 Å². The van der Waals surface area contributed by atoms with Crippen LogP contribution in [-0.2, 0) is 42.9 Å². The smallest absolute Gasteiger partial charge is 0.303 e. The van der Waals surface area contributed by atoms with E-state index in [-0.39, 0.29) is 43.4 Å².